The Morgan fingerprint density at radius 2 is 1.65 bits per heavy atom. The third-order valence-electron chi connectivity index (χ3n) is 2.44. The third-order valence-corrected chi connectivity index (χ3v) is 2.44. The molecule has 0 aliphatic carbocycles. The molecular weight excluding hydrogens is 233 g/mol. The first-order chi connectivity index (χ1) is 8.04. The van der Waals surface area contributed by atoms with Gasteiger partial charge in [-0.25, -0.2) is 9.97 Å². The SMILES string of the molecule is FC(F)(F)Oc1c2cccc1-c1ncc-2cn1. The lowest BCUT2D eigenvalue weighted by atomic mass is 10.1. The van der Waals surface area contributed by atoms with Gasteiger partial charge in [-0.05, 0) is 6.07 Å². The summed E-state index contributed by atoms with van der Waals surface area (Å²) >= 11 is 0. The second-order valence-corrected chi connectivity index (χ2v) is 3.53. The van der Waals surface area contributed by atoms with Crippen LogP contribution in [0.5, 0.6) is 5.75 Å². The van der Waals surface area contributed by atoms with E-state index in [-0.39, 0.29) is 17.1 Å². The van der Waals surface area contributed by atoms with Gasteiger partial charge >= 0.3 is 6.36 Å². The summed E-state index contributed by atoms with van der Waals surface area (Å²) in [6.07, 6.45) is -1.77. The van der Waals surface area contributed by atoms with Crippen LogP contribution in [0.3, 0.4) is 0 Å². The predicted molar refractivity (Wildman–Crippen MR) is 53.1 cm³/mol. The van der Waals surface area contributed by atoms with Crippen LogP contribution in [0.2, 0.25) is 0 Å². The molecule has 3 nitrogen and oxygen atoms in total. The highest BCUT2D eigenvalue weighted by Crippen LogP contribution is 2.42. The highest BCUT2D eigenvalue weighted by atomic mass is 19.4. The van der Waals surface area contributed by atoms with Gasteiger partial charge in [0, 0.05) is 23.5 Å². The van der Waals surface area contributed by atoms with Gasteiger partial charge in [-0.15, -0.1) is 13.2 Å². The Morgan fingerprint density at radius 3 is 2.29 bits per heavy atom. The molecule has 3 heterocycles. The second-order valence-electron chi connectivity index (χ2n) is 3.53. The third kappa shape index (κ3) is 1.61. The van der Waals surface area contributed by atoms with Crippen LogP contribution in [0.15, 0.2) is 30.6 Å². The smallest absolute Gasteiger partial charge is 0.404 e. The van der Waals surface area contributed by atoms with E-state index in [2.05, 4.69) is 14.7 Å². The number of benzene rings is 1. The molecule has 0 saturated carbocycles. The van der Waals surface area contributed by atoms with Crippen molar-refractivity contribution in [3.05, 3.63) is 30.6 Å². The maximum atomic E-state index is 12.3. The lowest BCUT2D eigenvalue weighted by molar-refractivity contribution is -0.274. The van der Waals surface area contributed by atoms with Gasteiger partial charge in [-0.3, -0.25) is 0 Å². The average Bonchev–Trinajstić information content (AvgIpc) is 2.39. The number of rotatable bonds is 1. The lowest BCUT2D eigenvalue weighted by Crippen LogP contribution is -2.18. The number of hydrogen-bond donors (Lipinski definition) is 0. The molecule has 1 aromatic heterocycles. The van der Waals surface area contributed by atoms with E-state index < -0.39 is 6.36 Å². The Bertz CT molecular complexity index is 537. The van der Waals surface area contributed by atoms with Gasteiger partial charge < -0.3 is 4.74 Å². The summed E-state index contributed by atoms with van der Waals surface area (Å²) in [7, 11) is 0. The van der Waals surface area contributed by atoms with Crippen molar-refractivity contribution in [2.24, 2.45) is 0 Å². The maximum absolute atomic E-state index is 12.3. The molecule has 0 spiro atoms. The lowest BCUT2D eigenvalue weighted by Gasteiger charge is -2.13. The van der Waals surface area contributed by atoms with E-state index in [4.69, 9.17) is 0 Å². The van der Waals surface area contributed by atoms with Crippen molar-refractivity contribution >= 4 is 0 Å². The monoisotopic (exact) mass is 238 g/mol. The molecule has 0 N–H and O–H groups in total. The first kappa shape index (κ1) is 10.1. The van der Waals surface area contributed by atoms with Gasteiger partial charge in [0.25, 0.3) is 0 Å². The van der Waals surface area contributed by atoms with Gasteiger partial charge in [0.2, 0.25) is 0 Å². The summed E-state index contributed by atoms with van der Waals surface area (Å²) in [6, 6.07) is 4.70. The Balaban J connectivity index is 2.25. The van der Waals surface area contributed by atoms with Crippen molar-refractivity contribution in [1.29, 1.82) is 0 Å². The highest BCUT2D eigenvalue weighted by molar-refractivity contribution is 5.82. The number of aromatic nitrogens is 2. The van der Waals surface area contributed by atoms with E-state index in [0.29, 0.717) is 11.1 Å². The molecule has 0 radical (unpaired) electrons. The quantitative estimate of drug-likeness (QED) is 0.653. The average molecular weight is 238 g/mol. The largest absolute Gasteiger partial charge is 0.573 e. The molecule has 2 aromatic rings. The van der Waals surface area contributed by atoms with E-state index >= 15 is 0 Å². The summed E-state index contributed by atoms with van der Waals surface area (Å²) in [5.41, 5.74) is 1.10. The van der Waals surface area contributed by atoms with Gasteiger partial charge in [-0.1, -0.05) is 12.1 Å². The van der Waals surface area contributed by atoms with Crippen molar-refractivity contribution in [3.63, 3.8) is 0 Å². The summed E-state index contributed by atoms with van der Waals surface area (Å²) < 4.78 is 41.1. The van der Waals surface area contributed by atoms with Gasteiger partial charge in [0.1, 0.15) is 5.75 Å². The molecule has 0 saturated heterocycles. The number of hydrogen-bond acceptors (Lipinski definition) is 3. The maximum Gasteiger partial charge on any atom is 0.573 e. The number of ether oxygens (including phenoxy) is 1. The molecular formula is C11H5F3N2O. The molecule has 2 aliphatic rings. The minimum atomic E-state index is -4.73. The van der Waals surface area contributed by atoms with Crippen molar-refractivity contribution < 1.29 is 17.9 Å². The zero-order valence-corrected chi connectivity index (χ0v) is 8.32. The number of fused-ring (bicyclic) bond motifs is 2. The van der Waals surface area contributed by atoms with E-state index in [1.165, 1.54) is 18.5 Å². The Kier molecular flexibility index (Phi) is 1.89. The molecule has 4 bridgehead atoms. The first-order valence-corrected chi connectivity index (χ1v) is 4.76. The van der Waals surface area contributed by atoms with E-state index in [9.17, 15) is 13.2 Å². The van der Waals surface area contributed by atoms with Crippen LogP contribution in [-0.4, -0.2) is 16.3 Å². The molecule has 0 amide bonds. The summed E-state index contributed by atoms with van der Waals surface area (Å²) in [5.74, 6) is -0.00708. The van der Waals surface area contributed by atoms with E-state index in [1.54, 1.807) is 12.1 Å². The standard InChI is InChI=1S/C11H5F3N2O/c12-11(13,14)17-9-7-2-1-3-8(9)10-15-4-6(7)5-16-10/h1-5H. The number of alkyl halides is 3. The van der Waals surface area contributed by atoms with E-state index in [0.717, 1.165) is 0 Å². The summed E-state index contributed by atoms with van der Waals surface area (Å²) in [4.78, 5) is 7.95. The van der Waals surface area contributed by atoms with Gasteiger partial charge in [0.15, 0.2) is 5.82 Å². The Labute approximate surface area is 93.9 Å². The van der Waals surface area contributed by atoms with Crippen LogP contribution in [0.25, 0.3) is 22.5 Å². The predicted octanol–water partition coefficient (Wildman–Crippen LogP) is 3.02. The first-order valence-electron chi connectivity index (χ1n) is 4.76. The Hall–Kier alpha value is -2.11. The number of para-hydroxylation sites is 1. The van der Waals surface area contributed by atoms with Crippen LogP contribution in [0.1, 0.15) is 0 Å². The normalized spacial score (nSPS) is 12.4. The van der Waals surface area contributed by atoms with Crippen molar-refractivity contribution in [1.82, 2.24) is 9.97 Å². The molecule has 1 aromatic carbocycles. The highest BCUT2D eigenvalue weighted by Gasteiger charge is 2.34. The molecule has 0 atom stereocenters. The number of nitrogens with zero attached hydrogens (tertiary/aromatic N) is 2. The molecule has 4 rings (SSSR count). The molecule has 86 valence electrons. The topological polar surface area (TPSA) is 35.0 Å². The fourth-order valence-electron chi connectivity index (χ4n) is 1.77. The summed E-state index contributed by atoms with van der Waals surface area (Å²) in [5, 5.41) is 0. The molecule has 6 heteroatoms. The minimum Gasteiger partial charge on any atom is -0.404 e. The van der Waals surface area contributed by atoms with Crippen molar-refractivity contribution in [2.75, 3.05) is 0 Å². The van der Waals surface area contributed by atoms with Gasteiger partial charge in [-0.2, -0.15) is 0 Å². The fourth-order valence-corrected chi connectivity index (χ4v) is 1.77. The van der Waals surface area contributed by atoms with Crippen LogP contribution in [-0.2, 0) is 0 Å². The van der Waals surface area contributed by atoms with Crippen molar-refractivity contribution in [3.8, 4) is 28.3 Å². The molecule has 17 heavy (non-hydrogen) atoms. The van der Waals surface area contributed by atoms with Crippen LogP contribution in [0, 0.1) is 0 Å². The molecule has 2 aliphatic heterocycles. The molecule has 0 fully saturated rings. The zero-order valence-electron chi connectivity index (χ0n) is 8.32. The summed E-state index contributed by atoms with van der Waals surface area (Å²) in [6.45, 7) is 0. The van der Waals surface area contributed by atoms with E-state index in [1.807, 2.05) is 0 Å². The minimum absolute atomic E-state index is 0.229. The zero-order chi connectivity index (χ0) is 12.0. The van der Waals surface area contributed by atoms with Gasteiger partial charge in [0.05, 0.1) is 5.56 Å². The fraction of sp³-hybridized carbons (Fsp3) is 0.0909. The Morgan fingerprint density at radius 1 is 1.00 bits per heavy atom. The van der Waals surface area contributed by atoms with Crippen LogP contribution in [0.4, 0.5) is 13.2 Å². The molecule has 0 unspecified atom stereocenters. The number of halogens is 3. The van der Waals surface area contributed by atoms with Crippen molar-refractivity contribution in [2.45, 2.75) is 6.36 Å². The van der Waals surface area contributed by atoms with Crippen LogP contribution < -0.4 is 4.74 Å². The second kappa shape index (κ2) is 3.19. The van der Waals surface area contributed by atoms with Crippen LogP contribution >= 0.6 is 0 Å².